The van der Waals surface area contributed by atoms with Crippen molar-refractivity contribution in [2.45, 2.75) is 19.7 Å². The van der Waals surface area contributed by atoms with E-state index >= 15 is 0 Å². The van der Waals surface area contributed by atoms with Crippen molar-refractivity contribution in [3.8, 4) is 0 Å². The Balaban J connectivity index is 3.55. The number of rotatable bonds is 1. The monoisotopic (exact) mass is 121 g/mol. The average molecular weight is 121 g/mol. The Bertz CT molecular complexity index is 96.7. The number of amides is 1. The van der Waals surface area contributed by atoms with Gasteiger partial charge in [0.15, 0.2) is 0 Å². The molecular formula is C4H8FNO2. The van der Waals surface area contributed by atoms with Gasteiger partial charge in [0.05, 0.1) is 0 Å². The van der Waals surface area contributed by atoms with E-state index in [1.54, 1.807) is 0 Å². The highest BCUT2D eigenvalue weighted by Gasteiger charge is 2.18. The van der Waals surface area contributed by atoms with Crippen LogP contribution in [0.3, 0.4) is 0 Å². The first kappa shape index (κ1) is 7.20. The summed E-state index contributed by atoms with van der Waals surface area (Å²) in [7, 11) is 0. The molecule has 0 saturated heterocycles. The highest BCUT2D eigenvalue weighted by atomic mass is 19.2. The molecule has 0 unspecified atom stereocenters. The van der Waals surface area contributed by atoms with Gasteiger partial charge in [0.1, 0.15) is 0 Å². The lowest BCUT2D eigenvalue weighted by Crippen LogP contribution is -2.26. The maximum absolute atomic E-state index is 12.1. The molecule has 0 aromatic rings. The molecule has 0 aromatic carbocycles. The first-order valence-corrected chi connectivity index (χ1v) is 2.09. The summed E-state index contributed by atoms with van der Waals surface area (Å²) < 4.78 is 16.0. The third-order valence-electron chi connectivity index (χ3n) is 0.343. The van der Waals surface area contributed by atoms with Crippen molar-refractivity contribution in [1.29, 1.82) is 0 Å². The van der Waals surface area contributed by atoms with E-state index in [4.69, 9.17) is 0 Å². The van der Waals surface area contributed by atoms with Gasteiger partial charge in [0, 0.05) is 13.8 Å². The van der Waals surface area contributed by atoms with Crippen molar-refractivity contribution in [3.63, 3.8) is 0 Å². The fourth-order valence-electron chi connectivity index (χ4n) is 0.239. The highest BCUT2D eigenvalue weighted by Crippen LogP contribution is 2.08. The number of primary amides is 1. The standard InChI is InChI=1S/C4H8FNO2/c1-4(2,5)8-3(6)7/h1-2H3,(H2,6,7). The van der Waals surface area contributed by atoms with Crippen LogP contribution in [0, 0.1) is 0 Å². The molecule has 0 saturated carbocycles. The van der Waals surface area contributed by atoms with Gasteiger partial charge in [0.25, 0.3) is 0 Å². The Labute approximate surface area is 46.6 Å². The van der Waals surface area contributed by atoms with Gasteiger partial charge in [-0.05, 0) is 0 Å². The fraction of sp³-hybridized carbons (Fsp3) is 0.750. The van der Waals surface area contributed by atoms with Gasteiger partial charge < -0.3 is 10.5 Å². The van der Waals surface area contributed by atoms with Crippen molar-refractivity contribution < 1.29 is 13.9 Å². The Hall–Kier alpha value is -0.800. The summed E-state index contributed by atoms with van der Waals surface area (Å²) >= 11 is 0. The first-order chi connectivity index (χ1) is 3.42. The van der Waals surface area contributed by atoms with Gasteiger partial charge in [-0.1, -0.05) is 0 Å². The van der Waals surface area contributed by atoms with Crippen molar-refractivity contribution in [1.82, 2.24) is 0 Å². The minimum atomic E-state index is -1.95. The summed E-state index contributed by atoms with van der Waals surface area (Å²) in [5.41, 5.74) is 4.48. The van der Waals surface area contributed by atoms with Crippen LogP contribution in [0.4, 0.5) is 9.18 Å². The predicted octanol–water partition coefficient (Wildman–Crippen LogP) is 0.787. The van der Waals surface area contributed by atoms with Crippen LogP contribution >= 0.6 is 0 Å². The number of carbonyl (C=O) groups excluding carboxylic acids is 1. The lowest BCUT2D eigenvalue weighted by molar-refractivity contribution is -0.0598. The molecule has 3 nitrogen and oxygen atoms in total. The summed E-state index contributed by atoms with van der Waals surface area (Å²) in [4.78, 5) is 9.77. The molecule has 48 valence electrons. The van der Waals surface area contributed by atoms with Crippen molar-refractivity contribution in [2.24, 2.45) is 5.73 Å². The summed E-state index contributed by atoms with van der Waals surface area (Å²) in [6.07, 6.45) is -1.10. The molecule has 0 aromatic heterocycles. The minimum absolute atomic E-state index is 1.10. The van der Waals surface area contributed by atoms with Crippen molar-refractivity contribution in [3.05, 3.63) is 0 Å². The van der Waals surface area contributed by atoms with Crippen LogP contribution in [0.5, 0.6) is 0 Å². The molecule has 4 heteroatoms. The molecule has 0 fully saturated rings. The van der Waals surface area contributed by atoms with Crippen LogP contribution in [0.2, 0.25) is 0 Å². The van der Waals surface area contributed by atoms with E-state index in [0.717, 1.165) is 13.8 Å². The zero-order valence-electron chi connectivity index (χ0n) is 4.77. The number of nitrogens with two attached hydrogens (primary N) is 1. The van der Waals surface area contributed by atoms with E-state index in [9.17, 15) is 9.18 Å². The number of carbonyl (C=O) groups is 1. The van der Waals surface area contributed by atoms with Crippen LogP contribution in [0.15, 0.2) is 0 Å². The molecule has 1 amide bonds. The molecule has 0 bridgehead atoms. The Morgan fingerprint density at radius 3 is 2.12 bits per heavy atom. The van der Waals surface area contributed by atoms with Crippen LogP contribution in [0.1, 0.15) is 13.8 Å². The molecule has 0 rings (SSSR count). The van der Waals surface area contributed by atoms with E-state index in [2.05, 4.69) is 10.5 Å². The molecule has 0 aliphatic heterocycles. The largest absolute Gasteiger partial charge is 0.413 e. The minimum Gasteiger partial charge on any atom is -0.413 e. The van der Waals surface area contributed by atoms with Crippen LogP contribution in [0.25, 0.3) is 0 Å². The molecule has 0 aliphatic carbocycles. The molecule has 0 radical (unpaired) electrons. The molecule has 0 heterocycles. The van der Waals surface area contributed by atoms with Crippen LogP contribution in [-0.2, 0) is 4.74 Å². The first-order valence-electron chi connectivity index (χ1n) is 2.09. The molecule has 2 N–H and O–H groups in total. The van der Waals surface area contributed by atoms with Gasteiger partial charge in [-0.15, -0.1) is 0 Å². The van der Waals surface area contributed by atoms with E-state index in [0.29, 0.717) is 0 Å². The quantitative estimate of drug-likeness (QED) is 0.557. The Morgan fingerprint density at radius 2 is 2.12 bits per heavy atom. The molecule has 0 atom stereocenters. The van der Waals surface area contributed by atoms with Crippen LogP contribution < -0.4 is 5.73 Å². The second kappa shape index (κ2) is 1.98. The van der Waals surface area contributed by atoms with Crippen molar-refractivity contribution in [2.75, 3.05) is 0 Å². The number of halogens is 1. The maximum Gasteiger partial charge on any atom is 0.407 e. The Morgan fingerprint density at radius 1 is 1.75 bits per heavy atom. The zero-order chi connectivity index (χ0) is 6.78. The summed E-state index contributed by atoms with van der Waals surface area (Å²) in [5, 5.41) is 0. The number of ether oxygens (including phenoxy) is 1. The SMILES string of the molecule is CC(C)(F)OC(N)=O. The van der Waals surface area contributed by atoms with Gasteiger partial charge in [-0.2, -0.15) is 4.39 Å². The zero-order valence-corrected chi connectivity index (χ0v) is 4.77. The van der Waals surface area contributed by atoms with Crippen LogP contribution in [-0.4, -0.2) is 11.9 Å². The van der Waals surface area contributed by atoms with E-state index in [1.165, 1.54) is 0 Å². The van der Waals surface area contributed by atoms with E-state index < -0.39 is 11.9 Å². The van der Waals surface area contributed by atoms with Gasteiger partial charge in [-0.25, -0.2) is 4.79 Å². The van der Waals surface area contributed by atoms with Gasteiger partial charge in [0.2, 0.25) is 5.85 Å². The topological polar surface area (TPSA) is 52.3 Å². The number of alkyl halides is 1. The molecular weight excluding hydrogens is 113 g/mol. The van der Waals surface area contributed by atoms with Gasteiger partial charge >= 0.3 is 6.09 Å². The number of hydrogen-bond acceptors (Lipinski definition) is 2. The fourth-order valence-corrected chi connectivity index (χ4v) is 0.239. The van der Waals surface area contributed by atoms with Crippen molar-refractivity contribution >= 4 is 6.09 Å². The highest BCUT2D eigenvalue weighted by molar-refractivity contribution is 5.64. The second-order valence-corrected chi connectivity index (χ2v) is 1.78. The lowest BCUT2D eigenvalue weighted by atomic mass is 10.4. The smallest absolute Gasteiger partial charge is 0.407 e. The maximum atomic E-state index is 12.1. The lowest BCUT2D eigenvalue weighted by Gasteiger charge is -2.11. The molecule has 0 spiro atoms. The molecule has 8 heavy (non-hydrogen) atoms. The van der Waals surface area contributed by atoms with Gasteiger partial charge in [-0.3, -0.25) is 0 Å². The second-order valence-electron chi connectivity index (χ2n) is 1.78. The third kappa shape index (κ3) is 5.20. The number of hydrogen-bond donors (Lipinski definition) is 1. The molecule has 0 aliphatic rings. The van der Waals surface area contributed by atoms with E-state index in [1.807, 2.05) is 0 Å². The third-order valence-corrected chi connectivity index (χ3v) is 0.343. The predicted molar refractivity (Wildman–Crippen MR) is 25.9 cm³/mol. The average Bonchev–Trinajstić information content (AvgIpc) is 1.21. The summed E-state index contributed by atoms with van der Waals surface area (Å²) in [6.45, 7) is 2.19. The van der Waals surface area contributed by atoms with E-state index in [-0.39, 0.29) is 0 Å². The summed E-state index contributed by atoms with van der Waals surface area (Å²) in [6, 6.07) is 0. The summed E-state index contributed by atoms with van der Waals surface area (Å²) in [5.74, 6) is -1.95. The normalized spacial score (nSPS) is 10.9. The Kier molecular flexibility index (Phi) is 1.78.